The number of esters is 1. The van der Waals surface area contributed by atoms with Crippen molar-refractivity contribution in [2.45, 2.75) is 12.7 Å². The Kier molecular flexibility index (Phi) is 2.56. The molecule has 78 valence electrons. The van der Waals surface area contributed by atoms with Gasteiger partial charge in [-0.2, -0.15) is 0 Å². The third-order valence-corrected chi connectivity index (χ3v) is 3.88. The van der Waals surface area contributed by atoms with E-state index in [1.54, 1.807) is 31.2 Å². The second-order valence-electron chi connectivity index (χ2n) is 3.34. The summed E-state index contributed by atoms with van der Waals surface area (Å²) >= 11 is 1.94. The van der Waals surface area contributed by atoms with Crippen molar-refractivity contribution < 1.29 is 14.6 Å². The molecule has 0 fully saturated rings. The standard InChI is InChI=1S/C11H9IO3/c1-7-9(12)11(14,15-10(7)13)8-5-3-2-4-6-8/h2-6,14H,1H3/t11-/m1/s1. The Morgan fingerprint density at radius 1 is 1.33 bits per heavy atom. The summed E-state index contributed by atoms with van der Waals surface area (Å²) in [7, 11) is 0. The number of cyclic esters (lactones) is 1. The predicted octanol–water partition coefficient (Wildman–Crippen LogP) is 2.10. The molecule has 0 bridgehead atoms. The molecule has 0 saturated heterocycles. The van der Waals surface area contributed by atoms with Gasteiger partial charge in [0.05, 0.1) is 9.15 Å². The third-order valence-electron chi connectivity index (χ3n) is 2.34. The minimum atomic E-state index is -1.59. The molecule has 1 aliphatic rings. The molecular formula is C11H9IO3. The van der Waals surface area contributed by atoms with Gasteiger partial charge in [-0.3, -0.25) is 0 Å². The Morgan fingerprint density at radius 3 is 2.40 bits per heavy atom. The summed E-state index contributed by atoms with van der Waals surface area (Å²) < 4.78 is 5.52. The van der Waals surface area contributed by atoms with Crippen molar-refractivity contribution in [1.29, 1.82) is 0 Å². The zero-order chi connectivity index (χ0) is 11.1. The van der Waals surface area contributed by atoms with Gasteiger partial charge in [0.2, 0.25) is 0 Å². The van der Waals surface area contributed by atoms with Gasteiger partial charge < -0.3 is 9.84 Å². The molecular weight excluding hydrogens is 307 g/mol. The molecule has 0 radical (unpaired) electrons. The first-order valence-electron chi connectivity index (χ1n) is 4.44. The van der Waals surface area contributed by atoms with Crippen molar-refractivity contribution in [2.75, 3.05) is 0 Å². The van der Waals surface area contributed by atoms with Gasteiger partial charge in [0.15, 0.2) is 0 Å². The van der Waals surface area contributed by atoms with E-state index in [1.807, 2.05) is 28.7 Å². The van der Waals surface area contributed by atoms with E-state index < -0.39 is 11.8 Å². The maximum Gasteiger partial charge on any atom is 0.337 e. The summed E-state index contributed by atoms with van der Waals surface area (Å²) in [5, 5.41) is 10.3. The molecule has 0 unspecified atom stereocenters. The van der Waals surface area contributed by atoms with Crippen molar-refractivity contribution in [3.8, 4) is 0 Å². The first kappa shape index (κ1) is 10.6. The Hall–Kier alpha value is -0.880. The molecule has 1 heterocycles. The lowest BCUT2D eigenvalue weighted by atomic mass is 10.1. The Labute approximate surface area is 101 Å². The monoisotopic (exact) mass is 316 g/mol. The van der Waals surface area contributed by atoms with Crippen molar-refractivity contribution in [2.24, 2.45) is 0 Å². The van der Waals surface area contributed by atoms with E-state index in [-0.39, 0.29) is 0 Å². The highest BCUT2D eigenvalue weighted by molar-refractivity contribution is 14.1. The zero-order valence-electron chi connectivity index (χ0n) is 8.03. The lowest BCUT2D eigenvalue weighted by molar-refractivity contribution is -0.182. The molecule has 3 nitrogen and oxygen atoms in total. The van der Waals surface area contributed by atoms with Crippen molar-refractivity contribution in [3.63, 3.8) is 0 Å². The van der Waals surface area contributed by atoms with Crippen LogP contribution >= 0.6 is 22.6 Å². The predicted molar refractivity (Wildman–Crippen MR) is 63.2 cm³/mol. The molecule has 0 aromatic heterocycles. The largest absolute Gasteiger partial charge is 0.420 e. The van der Waals surface area contributed by atoms with Crippen molar-refractivity contribution in [1.82, 2.24) is 0 Å². The smallest absolute Gasteiger partial charge is 0.337 e. The van der Waals surface area contributed by atoms with Gasteiger partial charge in [-0.05, 0) is 29.5 Å². The molecule has 1 N–H and O–H groups in total. The van der Waals surface area contributed by atoms with Gasteiger partial charge in [0.25, 0.3) is 5.79 Å². The van der Waals surface area contributed by atoms with Crippen LogP contribution < -0.4 is 0 Å². The van der Waals surface area contributed by atoms with Crippen LogP contribution in [0.5, 0.6) is 0 Å². The maximum atomic E-state index is 11.3. The zero-order valence-corrected chi connectivity index (χ0v) is 10.2. The lowest BCUT2D eigenvalue weighted by Crippen LogP contribution is -2.26. The van der Waals surface area contributed by atoms with Crippen LogP contribution in [0.3, 0.4) is 0 Å². The molecule has 1 aromatic rings. The summed E-state index contributed by atoms with van der Waals surface area (Å²) in [6.07, 6.45) is 0. The second kappa shape index (κ2) is 3.61. The number of halogens is 1. The minimum Gasteiger partial charge on any atom is -0.420 e. The lowest BCUT2D eigenvalue weighted by Gasteiger charge is -2.22. The SMILES string of the molecule is CC1=C(I)[C@@](O)(c2ccccc2)OC1=O. The maximum absolute atomic E-state index is 11.3. The Balaban J connectivity index is 2.51. The number of hydrogen-bond acceptors (Lipinski definition) is 3. The van der Waals surface area contributed by atoms with Gasteiger partial charge in [-0.1, -0.05) is 30.3 Å². The van der Waals surface area contributed by atoms with Crippen LogP contribution in [0.2, 0.25) is 0 Å². The number of rotatable bonds is 1. The molecule has 1 aromatic carbocycles. The van der Waals surface area contributed by atoms with E-state index in [0.717, 1.165) is 0 Å². The highest BCUT2D eigenvalue weighted by Gasteiger charge is 2.45. The van der Waals surface area contributed by atoms with E-state index in [4.69, 9.17) is 4.74 Å². The number of ether oxygens (including phenoxy) is 1. The first-order valence-corrected chi connectivity index (χ1v) is 5.51. The molecule has 2 rings (SSSR count). The molecule has 1 atom stereocenters. The van der Waals surface area contributed by atoms with Gasteiger partial charge in [-0.25, -0.2) is 4.79 Å². The number of hydrogen-bond donors (Lipinski definition) is 1. The van der Waals surface area contributed by atoms with Crippen LogP contribution in [-0.4, -0.2) is 11.1 Å². The second-order valence-corrected chi connectivity index (χ2v) is 4.42. The van der Waals surface area contributed by atoms with Crippen LogP contribution in [0.4, 0.5) is 0 Å². The molecule has 0 spiro atoms. The average molecular weight is 316 g/mol. The average Bonchev–Trinajstić information content (AvgIpc) is 2.45. The van der Waals surface area contributed by atoms with E-state index in [0.29, 0.717) is 14.7 Å². The van der Waals surface area contributed by atoms with E-state index in [1.165, 1.54) is 0 Å². The summed E-state index contributed by atoms with van der Waals surface area (Å²) in [6, 6.07) is 8.87. The quantitative estimate of drug-likeness (QED) is 0.637. The number of carbonyl (C=O) groups is 1. The van der Waals surface area contributed by atoms with Crippen LogP contribution in [0.1, 0.15) is 12.5 Å². The van der Waals surface area contributed by atoms with Crippen LogP contribution in [0, 0.1) is 0 Å². The highest BCUT2D eigenvalue weighted by Crippen LogP contribution is 2.42. The normalized spacial score (nSPS) is 25.7. The van der Waals surface area contributed by atoms with Gasteiger partial charge in [-0.15, -0.1) is 0 Å². The number of aliphatic hydroxyl groups is 1. The molecule has 4 heteroatoms. The number of carbonyl (C=O) groups excluding carboxylic acids is 1. The van der Waals surface area contributed by atoms with E-state index in [9.17, 15) is 9.90 Å². The van der Waals surface area contributed by atoms with Crippen molar-refractivity contribution in [3.05, 3.63) is 45.0 Å². The van der Waals surface area contributed by atoms with Gasteiger partial charge in [0, 0.05) is 5.56 Å². The fraction of sp³-hybridized carbons (Fsp3) is 0.182. The van der Waals surface area contributed by atoms with E-state index >= 15 is 0 Å². The minimum absolute atomic E-state index is 0.460. The first-order chi connectivity index (χ1) is 7.05. The number of benzene rings is 1. The van der Waals surface area contributed by atoms with E-state index in [2.05, 4.69) is 0 Å². The molecule has 1 aliphatic heterocycles. The molecule has 0 saturated carbocycles. The Morgan fingerprint density at radius 2 is 1.93 bits per heavy atom. The summed E-state index contributed by atoms with van der Waals surface area (Å²) in [5.74, 6) is -2.06. The molecule has 15 heavy (non-hydrogen) atoms. The molecule has 0 aliphatic carbocycles. The summed E-state index contributed by atoms with van der Waals surface area (Å²) in [6.45, 7) is 1.64. The highest BCUT2D eigenvalue weighted by atomic mass is 127. The fourth-order valence-electron chi connectivity index (χ4n) is 1.45. The van der Waals surface area contributed by atoms with Crippen LogP contribution in [0.25, 0.3) is 0 Å². The van der Waals surface area contributed by atoms with Crippen LogP contribution in [-0.2, 0) is 15.3 Å². The fourth-order valence-corrected chi connectivity index (χ4v) is 2.09. The summed E-state index contributed by atoms with van der Waals surface area (Å²) in [5.41, 5.74) is 1.03. The Bertz CT molecular complexity index is 438. The van der Waals surface area contributed by atoms with Crippen molar-refractivity contribution >= 4 is 28.6 Å². The summed E-state index contributed by atoms with van der Waals surface area (Å²) in [4.78, 5) is 11.3. The van der Waals surface area contributed by atoms with Gasteiger partial charge >= 0.3 is 5.97 Å². The molecule has 0 amide bonds. The van der Waals surface area contributed by atoms with Gasteiger partial charge in [0.1, 0.15) is 0 Å². The van der Waals surface area contributed by atoms with Crippen LogP contribution in [0.15, 0.2) is 39.5 Å². The third kappa shape index (κ3) is 1.57. The topological polar surface area (TPSA) is 46.5 Å².